The number of aromatic amines is 1. The van der Waals surface area contributed by atoms with Gasteiger partial charge in [0.05, 0.1) is 5.69 Å². The van der Waals surface area contributed by atoms with Crippen molar-refractivity contribution < 1.29 is 0 Å². The minimum atomic E-state index is -0.151. The average Bonchev–Trinajstić information content (AvgIpc) is 2.76. The Morgan fingerprint density at radius 2 is 1.82 bits per heavy atom. The predicted octanol–water partition coefficient (Wildman–Crippen LogP) is 4.42. The third-order valence-electron chi connectivity index (χ3n) is 4.24. The molecule has 120 valence electrons. The molecule has 2 rings (SSSR count). The zero-order valence-corrected chi connectivity index (χ0v) is 14.7. The Hall–Kier alpha value is -1.77. The molecular weight excluding hydrogens is 272 g/mol. The third kappa shape index (κ3) is 3.18. The molecule has 0 fully saturated rings. The number of aromatic nitrogens is 2. The lowest BCUT2D eigenvalue weighted by Crippen LogP contribution is -2.25. The number of H-pyrrole nitrogens is 1. The van der Waals surface area contributed by atoms with Crippen LogP contribution >= 0.6 is 0 Å². The van der Waals surface area contributed by atoms with Crippen molar-refractivity contribution in [2.45, 2.75) is 66.2 Å². The standard InChI is InChI=1S/C19H28N2O/c1-7-8-9-16-17(19(4,5)6)18(22)21(20-16)15-11-10-13(2)14(3)12-15/h10-12,20H,7-9H2,1-6H3. The van der Waals surface area contributed by atoms with Crippen molar-refractivity contribution in [2.75, 3.05) is 0 Å². The van der Waals surface area contributed by atoms with Gasteiger partial charge in [0, 0.05) is 11.3 Å². The first kappa shape index (κ1) is 16.6. The van der Waals surface area contributed by atoms with E-state index < -0.39 is 0 Å². The zero-order chi connectivity index (χ0) is 16.5. The van der Waals surface area contributed by atoms with Crippen LogP contribution in [0.4, 0.5) is 0 Å². The lowest BCUT2D eigenvalue weighted by Gasteiger charge is -2.17. The number of hydrogen-bond donors (Lipinski definition) is 1. The summed E-state index contributed by atoms with van der Waals surface area (Å²) in [4.78, 5) is 12.9. The molecule has 0 atom stereocenters. The van der Waals surface area contributed by atoms with E-state index in [1.807, 2.05) is 6.07 Å². The first-order valence-corrected chi connectivity index (χ1v) is 8.17. The Morgan fingerprint density at radius 1 is 1.14 bits per heavy atom. The van der Waals surface area contributed by atoms with Gasteiger partial charge < -0.3 is 0 Å². The highest BCUT2D eigenvalue weighted by atomic mass is 16.1. The van der Waals surface area contributed by atoms with Crippen molar-refractivity contribution in [1.82, 2.24) is 9.78 Å². The maximum atomic E-state index is 12.9. The maximum absolute atomic E-state index is 12.9. The fourth-order valence-corrected chi connectivity index (χ4v) is 2.84. The van der Waals surface area contributed by atoms with Crippen LogP contribution in [0, 0.1) is 13.8 Å². The molecule has 0 bridgehead atoms. The van der Waals surface area contributed by atoms with Crippen LogP contribution < -0.4 is 5.56 Å². The second-order valence-corrected chi connectivity index (χ2v) is 7.23. The minimum absolute atomic E-state index is 0.0851. The summed E-state index contributed by atoms with van der Waals surface area (Å²) >= 11 is 0. The maximum Gasteiger partial charge on any atom is 0.275 e. The number of rotatable bonds is 4. The average molecular weight is 300 g/mol. The van der Waals surface area contributed by atoms with Crippen molar-refractivity contribution in [3.05, 3.63) is 50.9 Å². The van der Waals surface area contributed by atoms with E-state index in [-0.39, 0.29) is 11.0 Å². The van der Waals surface area contributed by atoms with Crippen molar-refractivity contribution in [3.63, 3.8) is 0 Å². The highest BCUT2D eigenvalue weighted by Gasteiger charge is 2.25. The van der Waals surface area contributed by atoms with E-state index in [0.717, 1.165) is 36.2 Å². The van der Waals surface area contributed by atoms with E-state index in [1.54, 1.807) is 4.68 Å². The molecule has 0 saturated carbocycles. The summed E-state index contributed by atoms with van der Waals surface area (Å²) in [6.45, 7) is 12.7. The van der Waals surface area contributed by atoms with Gasteiger partial charge in [-0.2, -0.15) is 0 Å². The Balaban J connectivity index is 2.60. The molecule has 1 heterocycles. The second kappa shape index (κ2) is 6.15. The van der Waals surface area contributed by atoms with Crippen molar-refractivity contribution in [1.29, 1.82) is 0 Å². The van der Waals surface area contributed by atoms with Gasteiger partial charge >= 0.3 is 0 Å². The van der Waals surface area contributed by atoms with E-state index in [4.69, 9.17) is 0 Å². The smallest absolute Gasteiger partial charge is 0.275 e. The van der Waals surface area contributed by atoms with Gasteiger partial charge in [0.25, 0.3) is 5.56 Å². The summed E-state index contributed by atoms with van der Waals surface area (Å²) in [7, 11) is 0. The Labute approximate surface area is 133 Å². The van der Waals surface area contributed by atoms with E-state index in [9.17, 15) is 4.79 Å². The molecule has 0 aliphatic rings. The number of nitrogens with one attached hydrogen (secondary N) is 1. The van der Waals surface area contributed by atoms with Gasteiger partial charge in [0.15, 0.2) is 0 Å². The molecule has 1 aromatic heterocycles. The van der Waals surface area contributed by atoms with Crippen LogP contribution in [0.25, 0.3) is 5.69 Å². The summed E-state index contributed by atoms with van der Waals surface area (Å²) in [6, 6.07) is 6.15. The van der Waals surface area contributed by atoms with Crippen LogP contribution in [0.1, 0.15) is 62.9 Å². The SMILES string of the molecule is CCCCc1[nH]n(-c2ccc(C)c(C)c2)c(=O)c1C(C)(C)C. The van der Waals surface area contributed by atoms with E-state index in [0.29, 0.717) is 0 Å². The molecule has 3 nitrogen and oxygen atoms in total. The Bertz CT molecular complexity index is 714. The number of benzene rings is 1. The van der Waals surface area contributed by atoms with Crippen LogP contribution in [0.15, 0.2) is 23.0 Å². The lowest BCUT2D eigenvalue weighted by atomic mass is 9.86. The molecular formula is C19H28N2O. The van der Waals surface area contributed by atoms with E-state index >= 15 is 0 Å². The quantitative estimate of drug-likeness (QED) is 0.891. The first-order valence-electron chi connectivity index (χ1n) is 8.17. The van der Waals surface area contributed by atoms with Gasteiger partial charge in [-0.1, -0.05) is 40.2 Å². The summed E-state index contributed by atoms with van der Waals surface area (Å²) < 4.78 is 1.71. The van der Waals surface area contributed by atoms with Crippen LogP contribution in [-0.2, 0) is 11.8 Å². The number of nitrogens with zero attached hydrogens (tertiary/aromatic N) is 1. The fraction of sp³-hybridized carbons (Fsp3) is 0.526. The molecule has 3 heteroatoms. The van der Waals surface area contributed by atoms with Gasteiger partial charge in [0.2, 0.25) is 0 Å². The first-order chi connectivity index (χ1) is 10.3. The summed E-state index contributed by atoms with van der Waals surface area (Å²) in [5, 5.41) is 3.36. The molecule has 0 amide bonds. The molecule has 0 spiro atoms. The van der Waals surface area contributed by atoms with E-state index in [2.05, 4.69) is 58.8 Å². The molecule has 1 N–H and O–H groups in total. The molecule has 0 aliphatic carbocycles. The summed E-state index contributed by atoms with van der Waals surface area (Å²) in [5.41, 5.74) is 5.29. The molecule has 0 aliphatic heterocycles. The van der Waals surface area contributed by atoms with E-state index in [1.165, 1.54) is 11.1 Å². The van der Waals surface area contributed by atoms with Gasteiger partial charge in [-0.05, 0) is 55.4 Å². The highest BCUT2D eigenvalue weighted by Crippen LogP contribution is 2.24. The number of unbranched alkanes of at least 4 members (excludes halogenated alkanes) is 1. The topological polar surface area (TPSA) is 37.8 Å². The normalized spacial score (nSPS) is 11.9. The van der Waals surface area contributed by atoms with Crippen LogP contribution in [0.3, 0.4) is 0 Å². The van der Waals surface area contributed by atoms with Crippen molar-refractivity contribution in [2.24, 2.45) is 0 Å². The fourth-order valence-electron chi connectivity index (χ4n) is 2.84. The molecule has 22 heavy (non-hydrogen) atoms. The largest absolute Gasteiger partial charge is 0.295 e. The molecule has 0 unspecified atom stereocenters. The Kier molecular flexibility index (Phi) is 4.64. The van der Waals surface area contributed by atoms with Crippen molar-refractivity contribution >= 4 is 0 Å². The monoisotopic (exact) mass is 300 g/mol. The van der Waals surface area contributed by atoms with Gasteiger partial charge in [-0.25, -0.2) is 4.68 Å². The number of hydrogen-bond acceptors (Lipinski definition) is 1. The van der Waals surface area contributed by atoms with Crippen molar-refractivity contribution in [3.8, 4) is 5.69 Å². The predicted molar refractivity (Wildman–Crippen MR) is 93.2 cm³/mol. The lowest BCUT2D eigenvalue weighted by molar-refractivity contribution is 0.575. The van der Waals surface area contributed by atoms with Gasteiger partial charge in [0.1, 0.15) is 0 Å². The molecule has 1 aromatic carbocycles. The molecule has 0 saturated heterocycles. The van der Waals surface area contributed by atoms with Crippen LogP contribution in [0.5, 0.6) is 0 Å². The zero-order valence-electron chi connectivity index (χ0n) is 14.7. The molecule has 0 radical (unpaired) electrons. The molecule has 2 aromatic rings. The summed E-state index contributed by atoms with van der Waals surface area (Å²) in [5.74, 6) is 0. The number of aryl methyl sites for hydroxylation is 3. The highest BCUT2D eigenvalue weighted by molar-refractivity contribution is 5.40. The summed E-state index contributed by atoms with van der Waals surface area (Å²) in [6.07, 6.45) is 3.15. The van der Waals surface area contributed by atoms with Gasteiger partial charge in [-0.15, -0.1) is 0 Å². The second-order valence-electron chi connectivity index (χ2n) is 7.23. The van der Waals surface area contributed by atoms with Crippen LogP contribution in [-0.4, -0.2) is 9.78 Å². The minimum Gasteiger partial charge on any atom is -0.295 e. The van der Waals surface area contributed by atoms with Gasteiger partial charge in [-0.3, -0.25) is 9.89 Å². The third-order valence-corrected chi connectivity index (χ3v) is 4.24. The Morgan fingerprint density at radius 3 is 2.36 bits per heavy atom. The van der Waals surface area contributed by atoms with Crippen LogP contribution in [0.2, 0.25) is 0 Å².